The van der Waals surface area contributed by atoms with Gasteiger partial charge in [-0.3, -0.25) is 0 Å². The van der Waals surface area contributed by atoms with Gasteiger partial charge in [-0.15, -0.1) is 0 Å². The molecular weight excluding hydrogens is 522 g/mol. The molecule has 0 aliphatic rings. The van der Waals surface area contributed by atoms with Crippen LogP contribution in [0.1, 0.15) is 5.56 Å². The molecule has 0 atom stereocenters. The molecule has 23 heavy (non-hydrogen) atoms. The molecule has 0 spiro atoms. The predicted molar refractivity (Wildman–Crippen MR) is 97.6 cm³/mol. The van der Waals surface area contributed by atoms with Crippen LogP contribution in [0.4, 0.5) is 11.4 Å². The second-order valence-corrected chi connectivity index (χ2v) is 19.2. The first-order valence-corrected chi connectivity index (χ1v) is 16.9. The Morgan fingerprint density at radius 1 is 1.22 bits per heavy atom. The summed E-state index contributed by atoms with van der Waals surface area (Å²) in [5.74, 6) is -0.152. The molecule has 124 valence electrons. The second-order valence-electron chi connectivity index (χ2n) is 4.56. The first-order chi connectivity index (χ1) is 11.0. The van der Waals surface area contributed by atoms with Gasteiger partial charge in [0.1, 0.15) is 0 Å². The van der Waals surface area contributed by atoms with Crippen LogP contribution in [0.25, 0.3) is 6.08 Å². The Morgan fingerprint density at radius 2 is 1.91 bits per heavy atom. The number of rotatable bonds is 6. The van der Waals surface area contributed by atoms with Crippen molar-refractivity contribution < 1.29 is 30.6 Å². The summed E-state index contributed by atoms with van der Waals surface area (Å²) in [5, 5.41) is 8.60. The fourth-order valence-corrected chi connectivity index (χ4v) is 11.0. The third-order valence-corrected chi connectivity index (χ3v) is 14.0. The third kappa shape index (κ3) is 5.57. The van der Waals surface area contributed by atoms with E-state index in [1.54, 1.807) is 12.1 Å². The Kier molecular flexibility index (Phi) is 6.51. The van der Waals surface area contributed by atoms with Crippen molar-refractivity contribution in [1.29, 1.82) is 0 Å². The number of carbonyl (C=O) groups is 1. The van der Waals surface area contributed by atoms with Gasteiger partial charge in [-0.1, -0.05) is 0 Å². The van der Waals surface area contributed by atoms with Gasteiger partial charge in [0.25, 0.3) is 0 Å². The van der Waals surface area contributed by atoms with Crippen molar-refractivity contribution in [3.63, 3.8) is 0 Å². The summed E-state index contributed by atoms with van der Waals surface area (Å²) >= 11 is -1.83. The average Bonchev–Trinajstić information content (AvgIpc) is 2.51. The minimum absolute atomic E-state index is 0.427. The normalized spacial score (nSPS) is 11.6. The van der Waals surface area contributed by atoms with Gasteiger partial charge in [-0.05, 0) is 0 Å². The van der Waals surface area contributed by atoms with Crippen molar-refractivity contribution in [3.05, 3.63) is 57.7 Å². The molecule has 0 bridgehead atoms. The van der Waals surface area contributed by atoms with Gasteiger partial charge in [0, 0.05) is 0 Å². The van der Waals surface area contributed by atoms with E-state index in [0.717, 1.165) is 23.1 Å². The minimum atomic E-state index is -1.40. The fourth-order valence-electron chi connectivity index (χ4n) is 1.71. The molecule has 0 saturated heterocycles. The van der Waals surface area contributed by atoms with Crippen molar-refractivity contribution in [1.82, 2.24) is 0 Å². The number of hydrogen-bond acceptors (Lipinski definition) is 4. The molecule has 0 saturated carbocycles. The molecule has 0 aliphatic carbocycles. The van der Waals surface area contributed by atoms with E-state index in [0.29, 0.717) is 5.69 Å². The van der Waals surface area contributed by atoms with Gasteiger partial charge < -0.3 is 0 Å². The number of carboxylic acid groups (broad SMARTS) is 1. The molecule has 0 amide bonds. The molecule has 7 heteroatoms. The number of alkyl halides is 1. The van der Waals surface area contributed by atoms with Crippen LogP contribution < -0.4 is 32.2 Å². The van der Waals surface area contributed by atoms with Crippen molar-refractivity contribution in [2.24, 2.45) is 0 Å². The van der Waals surface area contributed by atoms with Gasteiger partial charge in [-0.25, -0.2) is 0 Å². The Balaban J connectivity index is 1.96. The first kappa shape index (κ1) is 17.9. The molecule has 0 aliphatic heterocycles. The number of aliphatic carboxylic acids is 1. The Hall–Kier alpha value is -1.49. The molecule has 0 heterocycles. The maximum atomic E-state index is 10.5. The van der Waals surface area contributed by atoms with Crippen LogP contribution in [0.15, 0.2) is 48.5 Å². The number of nitrogen functional groups attached to an aromatic ring is 2. The summed E-state index contributed by atoms with van der Waals surface area (Å²) < 4.78 is 7.15. The van der Waals surface area contributed by atoms with E-state index in [1.165, 1.54) is 3.57 Å². The Morgan fingerprint density at radius 3 is 2.52 bits per heavy atom. The SMILES string of the molecule is CI([I-]Oc1ccc(/C=C/C(=O)O)cc1)c1ccc(N)cc1N. The molecule has 2 aromatic carbocycles. The fraction of sp³-hybridized carbons (Fsp3) is 0.0625. The molecule has 2 aromatic rings. The Bertz CT molecular complexity index is 718. The molecule has 0 radical (unpaired) electrons. The summed E-state index contributed by atoms with van der Waals surface area (Å²) in [5.41, 5.74) is 14.0. The number of carboxylic acids is 1. The summed E-state index contributed by atoms with van der Waals surface area (Å²) in [4.78, 5) is 12.7. The average molecular weight is 539 g/mol. The van der Waals surface area contributed by atoms with E-state index in [9.17, 15) is 4.79 Å². The van der Waals surface area contributed by atoms with E-state index in [4.69, 9.17) is 19.6 Å². The summed E-state index contributed by atoms with van der Waals surface area (Å²) in [7, 11) is 0. The summed E-state index contributed by atoms with van der Waals surface area (Å²) in [6, 6.07) is 13.1. The number of hydrogen-bond donors (Lipinski definition) is 3. The van der Waals surface area contributed by atoms with E-state index >= 15 is 0 Å². The van der Waals surface area contributed by atoms with E-state index in [-0.39, 0.29) is 0 Å². The first-order valence-electron chi connectivity index (χ1n) is 6.54. The number of benzene rings is 2. The quantitative estimate of drug-likeness (QED) is 0.212. The zero-order chi connectivity index (χ0) is 16.8. The maximum absolute atomic E-state index is 10.5. The summed E-state index contributed by atoms with van der Waals surface area (Å²) in [6.45, 7) is 0. The topological polar surface area (TPSA) is 98.6 Å². The van der Waals surface area contributed by atoms with Crippen LogP contribution in [-0.4, -0.2) is 16.0 Å². The molecule has 5 N–H and O–H groups in total. The van der Waals surface area contributed by atoms with Gasteiger partial charge in [-0.2, -0.15) is 0 Å². The van der Waals surface area contributed by atoms with E-state index in [2.05, 4.69) is 4.93 Å². The van der Waals surface area contributed by atoms with E-state index in [1.807, 2.05) is 36.4 Å². The second kappa shape index (κ2) is 8.39. The number of anilines is 2. The van der Waals surface area contributed by atoms with Crippen LogP contribution in [0.3, 0.4) is 0 Å². The monoisotopic (exact) mass is 539 g/mol. The van der Waals surface area contributed by atoms with Crippen molar-refractivity contribution >= 4 is 39.3 Å². The van der Waals surface area contributed by atoms with Crippen LogP contribution in [0.5, 0.6) is 5.75 Å². The van der Waals surface area contributed by atoms with Crippen LogP contribution in [0.2, 0.25) is 0 Å². The zero-order valence-corrected chi connectivity index (χ0v) is 16.7. The van der Waals surface area contributed by atoms with Gasteiger partial charge in [0.15, 0.2) is 0 Å². The van der Waals surface area contributed by atoms with E-state index < -0.39 is 39.5 Å². The number of halogens is 2. The molecule has 0 fully saturated rings. The zero-order valence-electron chi connectivity index (χ0n) is 12.4. The number of nitrogens with two attached hydrogens (primary N) is 2. The molecule has 5 nitrogen and oxygen atoms in total. The predicted octanol–water partition coefficient (Wildman–Crippen LogP) is 0.253. The third-order valence-electron chi connectivity index (χ3n) is 2.80. The Labute approximate surface area is 148 Å². The van der Waals surface area contributed by atoms with Gasteiger partial charge >= 0.3 is 150 Å². The van der Waals surface area contributed by atoms with Crippen LogP contribution in [0, 0.1) is 3.57 Å². The van der Waals surface area contributed by atoms with Crippen LogP contribution in [-0.2, 0) is 4.79 Å². The van der Waals surface area contributed by atoms with Crippen molar-refractivity contribution in [3.8, 4) is 5.75 Å². The van der Waals surface area contributed by atoms with Crippen molar-refractivity contribution in [2.45, 2.75) is 0 Å². The van der Waals surface area contributed by atoms with Crippen molar-refractivity contribution in [2.75, 3.05) is 16.4 Å². The van der Waals surface area contributed by atoms with Crippen LogP contribution >= 0.6 is 15.8 Å². The summed E-state index contributed by atoms with van der Waals surface area (Å²) in [6.07, 6.45) is 2.66. The van der Waals surface area contributed by atoms with Gasteiger partial charge in [0.05, 0.1) is 0 Å². The standard InChI is InChI=1S/C16H17I2N2O3/c1-18(14-8-5-12(19)10-15(14)20)17-23-13-6-2-11(3-7-13)4-9-16(21)22/h2-10H,19-20H2,1H3,(H,21,22)/q-1/b9-4+. The molecule has 0 aromatic heterocycles. The molecule has 2 rings (SSSR count). The molecular formula is C16H17I2N2O3-. The van der Waals surface area contributed by atoms with Gasteiger partial charge in [0.2, 0.25) is 0 Å². The molecule has 0 unspecified atom stereocenters.